The van der Waals surface area contributed by atoms with Gasteiger partial charge in [-0.1, -0.05) is 112 Å². The third-order valence-electron chi connectivity index (χ3n) is 8.14. The molecule has 2 aliphatic rings. The van der Waals surface area contributed by atoms with Gasteiger partial charge in [0.15, 0.2) is 0 Å². The highest BCUT2D eigenvalue weighted by atomic mass is 15.2. The lowest BCUT2D eigenvalue weighted by Crippen LogP contribution is -2.39. The molecule has 5 rings (SSSR count). The fraction of sp³-hybridized carbons (Fsp3) is 0.438. The second-order valence-electron chi connectivity index (χ2n) is 13.3. The minimum Gasteiger partial charge on any atom is -0.309 e. The normalized spacial score (nSPS) is 17.8. The third kappa shape index (κ3) is 3.04. The topological polar surface area (TPSA) is 3.24 Å². The number of hydrogen-bond acceptors (Lipinski definition) is 1. The lowest BCUT2D eigenvalue weighted by Gasteiger charge is -2.50. The second kappa shape index (κ2) is 6.53. The average molecular weight is 438 g/mol. The Morgan fingerprint density at radius 1 is 0.545 bits per heavy atom. The molecule has 0 atom stereocenters. The molecular formula is C32H39N. The summed E-state index contributed by atoms with van der Waals surface area (Å²) in [6.07, 6.45) is 0. The SMILES string of the molecule is CC(C)(C)c1ccc2c(c1)C(C)(C)c1cc(C(C)(C)C)cc3c1N2c1ccccc1C3(C)C. The number of nitrogens with zero attached hydrogens (tertiary/aromatic N) is 1. The predicted molar refractivity (Wildman–Crippen MR) is 143 cm³/mol. The Hall–Kier alpha value is -2.54. The number of anilines is 3. The van der Waals surface area contributed by atoms with Gasteiger partial charge in [-0.25, -0.2) is 0 Å². The summed E-state index contributed by atoms with van der Waals surface area (Å²) in [5.41, 5.74) is 12.7. The van der Waals surface area contributed by atoms with Gasteiger partial charge in [-0.3, -0.25) is 0 Å². The van der Waals surface area contributed by atoms with E-state index in [0.717, 1.165) is 0 Å². The highest BCUT2D eigenvalue weighted by Gasteiger charge is 2.46. The van der Waals surface area contributed by atoms with Crippen LogP contribution in [0.25, 0.3) is 0 Å². The average Bonchev–Trinajstić information content (AvgIpc) is 2.71. The first-order chi connectivity index (χ1) is 15.1. The van der Waals surface area contributed by atoms with Crippen LogP contribution in [0.5, 0.6) is 0 Å². The van der Waals surface area contributed by atoms with Gasteiger partial charge in [-0.05, 0) is 56.3 Å². The highest BCUT2D eigenvalue weighted by Crippen LogP contribution is 2.60. The maximum absolute atomic E-state index is 2.56. The largest absolute Gasteiger partial charge is 0.309 e. The summed E-state index contributed by atoms with van der Waals surface area (Å²) in [6.45, 7) is 23.6. The number of fused-ring (bicyclic) bond motifs is 4. The van der Waals surface area contributed by atoms with Crippen molar-refractivity contribution in [1.29, 1.82) is 0 Å². The molecule has 0 unspecified atom stereocenters. The quantitative estimate of drug-likeness (QED) is 0.339. The summed E-state index contributed by atoms with van der Waals surface area (Å²) in [4.78, 5) is 2.56. The van der Waals surface area contributed by atoms with E-state index in [-0.39, 0.29) is 21.7 Å². The van der Waals surface area contributed by atoms with Crippen LogP contribution in [0.4, 0.5) is 17.1 Å². The summed E-state index contributed by atoms with van der Waals surface area (Å²) in [5, 5.41) is 0. The summed E-state index contributed by atoms with van der Waals surface area (Å²) >= 11 is 0. The molecule has 0 aliphatic carbocycles. The van der Waals surface area contributed by atoms with Gasteiger partial charge in [-0.15, -0.1) is 0 Å². The van der Waals surface area contributed by atoms with E-state index in [1.807, 2.05) is 0 Å². The second-order valence-corrected chi connectivity index (χ2v) is 13.3. The zero-order valence-corrected chi connectivity index (χ0v) is 22.1. The molecule has 0 saturated carbocycles. The first-order valence-electron chi connectivity index (χ1n) is 12.4. The number of hydrogen-bond donors (Lipinski definition) is 0. The Morgan fingerprint density at radius 2 is 1.03 bits per heavy atom. The maximum Gasteiger partial charge on any atom is 0.0543 e. The molecule has 0 aromatic heterocycles. The third-order valence-corrected chi connectivity index (χ3v) is 8.14. The van der Waals surface area contributed by atoms with E-state index in [4.69, 9.17) is 0 Å². The fourth-order valence-electron chi connectivity index (χ4n) is 5.82. The van der Waals surface area contributed by atoms with Crippen molar-refractivity contribution in [2.45, 2.75) is 90.9 Å². The highest BCUT2D eigenvalue weighted by molar-refractivity contribution is 5.93. The minimum atomic E-state index is -0.0825. The van der Waals surface area contributed by atoms with Crippen LogP contribution in [-0.2, 0) is 21.7 Å². The Labute approximate surface area is 200 Å². The smallest absolute Gasteiger partial charge is 0.0543 e. The molecule has 0 bridgehead atoms. The van der Waals surface area contributed by atoms with Gasteiger partial charge in [0.1, 0.15) is 0 Å². The predicted octanol–water partition coefficient (Wildman–Crippen LogP) is 9.03. The van der Waals surface area contributed by atoms with E-state index in [9.17, 15) is 0 Å². The molecule has 0 radical (unpaired) electrons. The van der Waals surface area contributed by atoms with Gasteiger partial charge in [0, 0.05) is 10.8 Å². The van der Waals surface area contributed by atoms with Crippen molar-refractivity contribution < 1.29 is 0 Å². The van der Waals surface area contributed by atoms with E-state index in [0.29, 0.717) is 0 Å². The summed E-state index contributed by atoms with van der Waals surface area (Å²) in [5.74, 6) is 0. The first kappa shape index (κ1) is 22.3. The van der Waals surface area contributed by atoms with Crippen LogP contribution in [-0.4, -0.2) is 0 Å². The molecule has 0 N–H and O–H groups in total. The lowest BCUT2D eigenvalue weighted by molar-refractivity contribution is 0.559. The molecule has 1 nitrogen and oxygen atoms in total. The molecule has 0 saturated heterocycles. The van der Waals surface area contributed by atoms with Crippen molar-refractivity contribution in [3.8, 4) is 0 Å². The van der Waals surface area contributed by atoms with Crippen molar-refractivity contribution in [2.75, 3.05) is 4.90 Å². The van der Waals surface area contributed by atoms with Crippen molar-refractivity contribution >= 4 is 17.1 Å². The van der Waals surface area contributed by atoms with E-state index < -0.39 is 0 Å². The number of benzene rings is 3. The van der Waals surface area contributed by atoms with E-state index in [2.05, 4.69) is 129 Å². The molecule has 172 valence electrons. The first-order valence-corrected chi connectivity index (χ1v) is 12.4. The Morgan fingerprint density at radius 3 is 1.61 bits per heavy atom. The van der Waals surface area contributed by atoms with Crippen molar-refractivity contribution in [3.63, 3.8) is 0 Å². The van der Waals surface area contributed by atoms with Gasteiger partial charge in [0.2, 0.25) is 0 Å². The molecule has 2 aliphatic heterocycles. The van der Waals surface area contributed by atoms with Crippen molar-refractivity contribution in [1.82, 2.24) is 0 Å². The minimum absolute atomic E-state index is 0.0582. The standard InChI is InChI=1S/C32H39N/c1-29(2,3)20-15-16-27-23(17-20)32(9,10)25-19-21(30(4,5)6)18-24-28(25)33(27)26-14-12-11-13-22(26)31(24,7)8/h11-19H,1-10H3. The van der Waals surface area contributed by atoms with Crippen LogP contribution in [0.2, 0.25) is 0 Å². The van der Waals surface area contributed by atoms with Crippen LogP contribution in [0.15, 0.2) is 54.6 Å². The fourth-order valence-corrected chi connectivity index (χ4v) is 5.82. The molecule has 2 heterocycles. The molecule has 0 fully saturated rings. The van der Waals surface area contributed by atoms with Crippen LogP contribution in [0.1, 0.15) is 103 Å². The van der Waals surface area contributed by atoms with Crippen molar-refractivity contribution in [3.05, 3.63) is 88.0 Å². The molecular weight excluding hydrogens is 398 g/mol. The summed E-state index contributed by atoms with van der Waals surface area (Å²) in [7, 11) is 0. The van der Waals surface area contributed by atoms with Crippen LogP contribution in [0, 0.1) is 0 Å². The molecule has 33 heavy (non-hydrogen) atoms. The number of para-hydroxylation sites is 1. The van der Waals surface area contributed by atoms with E-state index >= 15 is 0 Å². The van der Waals surface area contributed by atoms with Gasteiger partial charge in [0.25, 0.3) is 0 Å². The monoisotopic (exact) mass is 437 g/mol. The zero-order chi connectivity index (χ0) is 24.1. The van der Waals surface area contributed by atoms with Crippen molar-refractivity contribution in [2.24, 2.45) is 0 Å². The molecule has 0 spiro atoms. The number of rotatable bonds is 0. The zero-order valence-electron chi connectivity index (χ0n) is 22.1. The molecule has 3 aromatic carbocycles. The van der Waals surface area contributed by atoms with E-state index in [1.54, 1.807) is 0 Å². The Balaban J connectivity index is 1.93. The molecule has 0 amide bonds. The summed E-state index contributed by atoms with van der Waals surface area (Å²) < 4.78 is 0. The van der Waals surface area contributed by atoms with Gasteiger partial charge in [0.05, 0.1) is 17.1 Å². The van der Waals surface area contributed by atoms with Crippen LogP contribution >= 0.6 is 0 Å². The van der Waals surface area contributed by atoms with Gasteiger partial charge >= 0.3 is 0 Å². The molecule has 1 heteroatoms. The van der Waals surface area contributed by atoms with Crippen LogP contribution < -0.4 is 4.90 Å². The Bertz CT molecular complexity index is 1270. The maximum atomic E-state index is 2.56. The summed E-state index contributed by atoms with van der Waals surface area (Å²) in [6, 6.07) is 21.2. The van der Waals surface area contributed by atoms with Crippen LogP contribution in [0.3, 0.4) is 0 Å². The van der Waals surface area contributed by atoms with E-state index in [1.165, 1.54) is 50.4 Å². The molecule has 3 aromatic rings. The lowest BCUT2D eigenvalue weighted by atomic mass is 9.64. The Kier molecular flexibility index (Phi) is 4.40. The van der Waals surface area contributed by atoms with Gasteiger partial charge < -0.3 is 4.90 Å². The van der Waals surface area contributed by atoms with Gasteiger partial charge in [-0.2, -0.15) is 0 Å².